The number of aromatic nitrogens is 1. The fourth-order valence-electron chi connectivity index (χ4n) is 5.82. The van der Waals surface area contributed by atoms with Crippen molar-refractivity contribution in [2.24, 2.45) is 5.92 Å². The molecule has 0 atom stereocenters. The molecule has 31 heavy (non-hydrogen) atoms. The van der Waals surface area contributed by atoms with Crippen LogP contribution in [0.2, 0.25) is 0 Å². The molecule has 4 fully saturated rings. The monoisotopic (exact) mass is 474 g/mol. The quantitative estimate of drug-likeness (QED) is 0.442. The van der Waals surface area contributed by atoms with E-state index < -0.39 is 0 Å². The predicted molar refractivity (Wildman–Crippen MR) is 128 cm³/mol. The first kappa shape index (κ1) is 19.5. The summed E-state index contributed by atoms with van der Waals surface area (Å²) in [6, 6.07) is 16.5. The highest BCUT2D eigenvalue weighted by Crippen LogP contribution is 2.48. The molecule has 1 N–H and O–H groups in total. The number of amides is 1. The van der Waals surface area contributed by atoms with Crippen molar-refractivity contribution in [3.63, 3.8) is 0 Å². The number of carbonyl (C=O) groups excluding carboxylic acids is 1. The second kappa shape index (κ2) is 7.44. The van der Waals surface area contributed by atoms with Crippen LogP contribution in [0.5, 0.6) is 0 Å². The van der Waals surface area contributed by atoms with E-state index in [4.69, 9.17) is 4.98 Å². The lowest BCUT2D eigenvalue weighted by atomic mass is 9.65. The van der Waals surface area contributed by atoms with Gasteiger partial charge >= 0.3 is 0 Å². The maximum absolute atomic E-state index is 14.0. The summed E-state index contributed by atoms with van der Waals surface area (Å²) in [5.74, 6) is 1.40. The summed E-state index contributed by atoms with van der Waals surface area (Å²) in [6.45, 7) is 0. The predicted octanol–water partition coefficient (Wildman–Crippen LogP) is 6.99. The average Bonchev–Trinajstić information content (AvgIpc) is 3.64. The molecule has 0 saturated heterocycles. The van der Waals surface area contributed by atoms with Gasteiger partial charge in [-0.1, -0.05) is 46.3 Å². The van der Waals surface area contributed by atoms with E-state index in [1.807, 2.05) is 18.2 Å². The number of fused-ring (bicyclic) bond motifs is 4. The number of pyridine rings is 1. The third kappa shape index (κ3) is 3.49. The van der Waals surface area contributed by atoms with Crippen molar-refractivity contribution in [3.05, 3.63) is 64.1 Å². The Kier molecular flexibility index (Phi) is 4.68. The van der Waals surface area contributed by atoms with Gasteiger partial charge in [0.15, 0.2) is 0 Å². The molecule has 0 radical (unpaired) electrons. The Labute approximate surface area is 191 Å². The molecule has 4 heteroatoms. The Bertz CT molecular complexity index is 1150. The minimum Gasteiger partial charge on any atom is -0.347 e. The zero-order valence-corrected chi connectivity index (χ0v) is 19.2. The molecule has 4 aliphatic carbocycles. The van der Waals surface area contributed by atoms with Crippen LogP contribution in [0.15, 0.2) is 53.0 Å². The smallest absolute Gasteiger partial charge is 0.252 e. The van der Waals surface area contributed by atoms with Crippen molar-refractivity contribution in [3.8, 4) is 11.3 Å². The molecular weight excluding hydrogens is 448 g/mol. The molecule has 3 nitrogen and oxygen atoms in total. The largest absolute Gasteiger partial charge is 0.347 e. The Morgan fingerprint density at radius 3 is 2.35 bits per heavy atom. The Morgan fingerprint density at radius 2 is 1.68 bits per heavy atom. The molecule has 2 bridgehead atoms. The molecule has 158 valence electrons. The highest BCUT2D eigenvalue weighted by molar-refractivity contribution is 9.10. The lowest BCUT2D eigenvalue weighted by Crippen LogP contribution is -2.53. The molecule has 4 saturated carbocycles. The lowest BCUT2D eigenvalue weighted by Gasteiger charge is -2.47. The van der Waals surface area contributed by atoms with Crippen molar-refractivity contribution in [2.45, 2.75) is 62.8 Å². The number of hydrogen-bond donors (Lipinski definition) is 1. The summed E-state index contributed by atoms with van der Waals surface area (Å²) >= 11 is 3.63. The molecule has 0 unspecified atom stereocenters. The number of rotatable bonds is 4. The summed E-state index contributed by atoms with van der Waals surface area (Å²) < 4.78 is 0.987. The maximum Gasteiger partial charge on any atom is 0.252 e. The summed E-state index contributed by atoms with van der Waals surface area (Å²) in [5, 5.41) is 4.53. The molecule has 2 aromatic carbocycles. The Morgan fingerprint density at radius 1 is 0.968 bits per heavy atom. The van der Waals surface area contributed by atoms with Gasteiger partial charge < -0.3 is 5.32 Å². The van der Waals surface area contributed by atoms with Gasteiger partial charge in [0.2, 0.25) is 0 Å². The van der Waals surface area contributed by atoms with Crippen LogP contribution in [0.4, 0.5) is 0 Å². The Hall–Kier alpha value is -2.20. The first-order valence-electron chi connectivity index (χ1n) is 11.6. The van der Waals surface area contributed by atoms with E-state index in [9.17, 15) is 4.79 Å². The van der Waals surface area contributed by atoms with Gasteiger partial charge in [0.1, 0.15) is 0 Å². The zero-order valence-electron chi connectivity index (χ0n) is 17.7. The molecule has 1 heterocycles. The van der Waals surface area contributed by atoms with Gasteiger partial charge in [0.05, 0.1) is 16.8 Å². The van der Waals surface area contributed by atoms with Crippen LogP contribution in [-0.2, 0) is 0 Å². The van der Waals surface area contributed by atoms with Crippen LogP contribution < -0.4 is 5.32 Å². The van der Waals surface area contributed by atoms with Gasteiger partial charge in [-0.05, 0) is 87.0 Å². The van der Waals surface area contributed by atoms with Crippen LogP contribution in [-0.4, -0.2) is 16.4 Å². The normalized spacial score (nSPS) is 25.0. The van der Waals surface area contributed by atoms with Gasteiger partial charge in [-0.25, -0.2) is 4.98 Å². The Balaban J connectivity index is 1.53. The molecule has 1 amide bonds. The van der Waals surface area contributed by atoms with Gasteiger partial charge in [0, 0.05) is 21.0 Å². The van der Waals surface area contributed by atoms with E-state index >= 15 is 0 Å². The maximum atomic E-state index is 14.0. The third-order valence-corrected chi connectivity index (χ3v) is 8.21. The fraction of sp³-hybridized carbons (Fsp3) is 0.407. The molecular formula is C27H27BrN2O. The van der Waals surface area contributed by atoms with E-state index in [1.54, 1.807) is 0 Å². The van der Waals surface area contributed by atoms with E-state index in [-0.39, 0.29) is 11.4 Å². The topological polar surface area (TPSA) is 42.0 Å². The zero-order chi connectivity index (χ0) is 21.0. The average molecular weight is 475 g/mol. The second-order valence-electron chi connectivity index (χ2n) is 9.77. The highest BCUT2D eigenvalue weighted by atomic mass is 79.9. The summed E-state index contributed by atoms with van der Waals surface area (Å²) in [4.78, 5) is 19.1. The van der Waals surface area contributed by atoms with E-state index in [1.165, 1.54) is 19.3 Å². The first-order valence-corrected chi connectivity index (χ1v) is 12.4. The number of carbonyl (C=O) groups is 1. The van der Waals surface area contributed by atoms with Crippen LogP contribution >= 0.6 is 15.9 Å². The number of benzene rings is 2. The van der Waals surface area contributed by atoms with Crippen molar-refractivity contribution < 1.29 is 4.79 Å². The van der Waals surface area contributed by atoms with Crippen LogP contribution in [0.1, 0.15) is 73.2 Å². The van der Waals surface area contributed by atoms with E-state index in [0.717, 1.165) is 75.8 Å². The molecule has 0 spiro atoms. The van der Waals surface area contributed by atoms with Gasteiger partial charge in [0.25, 0.3) is 5.91 Å². The molecule has 3 aromatic rings. The minimum absolute atomic E-state index is 0.0127. The van der Waals surface area contributed by atoms with Crippen LogP contribution in [0.25, 0.3) is 22.2 Å². The summed E-state index contributed by atoms with van der Waals surface area (Å²) in [7, 11) is 0. The SMILES string of the molecule is O=C(NC12CCC(CC1)CC2)c1c(C2CC2)c(-c2ccccc2)nc2ccc(Br)cc12. The van der Waals surface area contributed by atoms with Crippen molar-refractivity contribution in [1.29, 1.82) is 0 Å². The fourth-order valence-corrected chi connectivity index (χ4v) is 6.18. The van der Waals surface area contributed by atoms with Crippen LogP contribution in [0.3, 0.4) is 0 Å². The summed E-state index contributed by atoms with van der Waals surface area (Å²) in [6.07, 6.45) is 9.42. The van der Waals surface area contributed by atoms with Crippen LogP contribution in [0, 0.1) is 5.92 Å². The van der Waals surface area contributed by atoms with Gasteiger partial charge in [-0.15, -0.1) is 0 Å². The third-order valence-electron chi connectivity index (χ3n) is 7.72. The van der Waals surface area contributed by atoms with E-state index in [2.05, 4.69) is 51.6 Å². The number of nitrogens with one attached hydrogen (secondary N) is 1. The second-order valence-corrected chi connectivity index (χ2v) is 10.7. The van der Waals surface area contributed by atoms with E-state index in [0.29, 0.717) is 5.92 Å². The van der Waals surface area contributed by atoms with Gasteiger partial charge in [-0.2, -0.15) is 0 Å². The minimum atomic E-state index is -0.0127. The molecule has 0 aliphatic heterocycles. The number of halogens is 1. The highest BCUT2D eigenvalue weighted by Gasteiger charge is 2.42. The lowest BCUT2D eigenvalue weighted by molar-refractivity contribution is 0.0714. The first-order chi connectivity index (χ1) is 15.1. The molecule has 7 rings (SSSR count). The molecule has 4 aliphatic rings. The summed E-state index contributed by atoms with van der Waals surface area (Å²) in [5.41, 5.74) is 4.96. The standard InChI is InChI=1S/C27H27BrN2O/c28-20-8-9-22-21(16-20)24(26(31)30-27-13-10-17(11-14-27)12-15-27)23(18-6-7-18)25(29-22)19-4-2-1-3-5-19/h1-5,8-9,16-18H,6-7,10-15H2,(H,30,31). The molecule has 1 aromatic heterocycles. The van der Waals surface area contributed by atoms with Crippen molar-refractivity contribution in [2.75, 3.05) is 0 Å². The number of nitrogens with zero attached hydrogens (tertiary/aromatic N) is 1. The van der Waals surface area contributed by atoms with Gasteiger partial charge in [-0.3, -0.25) is 4.79 Å². The van der Waals surface area contributed by atoms with Crippen molar-refractivity contribution in [1.82, 2.24) is 10.3 Å². The number of hydrogen-bond acceptors (Lipinski definition) is 2. The van der Waals surface area contributed by atoms with Crippen molar-refractivity contribution >= 4 is 32.7 Å².